The molecular weight excluding hydrogens is 1300 g/mol. The standard InChI is InChI=1S/C25H30O2S3.C24H32O2S3.C24H32OS3.Ni/c1-6-18(5)19-9-12-22(27-14-13-16(2)3)21(15-19)23-24(30-25(26)29-23)28-20-10-7-17(4)8-11-20;1-6-17(4)18-7-12-22(26-14-13-16(2)3)21(15-18)23(27)24(28)29-20-10-8-19(25-5)9-11-20;1-6-18(5)19-9-12-22(25-14-13-16(2)3)21(15-19)23(26)24(27)28-20-10-7-17(4)8-11-20;/h7-12,15-16,18H,6,13-14H2,1-5H3;7-12,15-17,27-28H,6,13-14H2,1-5H3;7-12,15-16,18,26-27H,6,13-14H2,1-5H3;/p-4. The Morgan fingerprint density at radius 3 is 1.23 bits per heavy atom. The van der Waals surface area contributed by atoms with E-state index >= 15 is 0 Å². The van der Waals surface area contributed by atoms with Gasteiger partial charge in [0.1, 0.15) is 23.0 Å². The molecule has 0 N–H and O–H groups in total. The molecule has 1 aromatic heterocycles. The molecule has 0 fully saturated rings. The first-order valence-corrected chi connectivity index (χ1v) is 36.2. The van der Waals surface area contributed by atoms with Crippen LogP contribution in [-0.4, -0.2) is 26.9 Å². The number of benzene rings is 6. The number of methoxy groups -OCH3 is 1. The van der Waals surface area contributed by atoms with E-state index < -0.39 is 0 Å². The van der Waals surface area contributed by atoms with E-state index in [1.165, 1.54) is 62.3 Å². The zero-order chi connectivity index (χ0) is 63.7. The summed E-state index contributed by atoms with van der Waals surface area (Å²) in [4.78, 5) is 18.1. The van der Waals surface area contributed by atoms with E-state index in [1.807, 2.05) is 30.3 Å². The van der Waals surface area contributed by atoms with Crippen LogP contribution in [0.3, 0.4) is 0 Å². The maximum atomic E-state index is 12.4. The molecule has 0 spiro atoms. The Hall–Kier alpha value is -3.73. The second-order valence-corrected chi connectivity index (χ2v) is 31.1. The molecule has 88 heavy (non-hydrogen) atoms. The van der Waals surface area contributed by atoms with Crippen LogP contribution in [0.1, 0.15) is 178 Å². The summed E-state index contributed by atoms with van der Waals surface area (Å²) < 4.78 is 26.2. The van der Waals surface area contributed by atoms with Crippen molar-refractivity contribution < 1.29 is 35.4 Å². The van der Waals surface area contributed by atoms with Gasteiger partial charge >= 0.3 is 0 Å². The van der Waals surface area contributed by atoms with Gasteiger partial charge in [-0.15, -0.1) is 23.5 Å². The van der Waals surface area contributed by atoms with Gasteiger partial charge in [0.05, 0.1) is 36.0 Å². The third kappa shape index (κ3) is 25.1. The van der Waals surface area contributed by atoms with Crippen LogP contribution in [0.15, 0.2) is 160 Å². The Bertz CT molecular complexity index is 3330. The maximum Gasteiger partial charge on any atom is 0.289 e. The Morgan fingerprint density at radius 2 is 0.841 bits per heavy atom. The molecule has 0 radical (unpaired) electrons. The van der Waals surface area contributed by atoms with Gasteiger partial charge < -0.3 is 69.5 Å². The number of ether oxygens (including phenoxy) is 4. The van der Waals surface area contributed by atoms with Gasteiger partial charge in [-0.3, -0.25) is 4.79 Å². The molecule has 6 aromatic carbocycles. The van der Waals surface area contributed by atoms with Gasteiger partial charge in [-0.25, -0.2) is 0 Å². The predicted octanol–water partition coefficient (Wildman–Crippen LogP) is 22.8. The third-order valence-electron chi connectivity index (χ3n) is 14.8. The van der Waals surface area contributed by atoms with Crippen molar-refractivity contribution in [1.82, 2.24) is 0 Å². The monoisotopic (exact) mass is 1390 g/mol. The second-order valence-electron chi connectivity index (χ2n) is 23.2. The number of thioether (sulfide) groups is 2. The molecule has 0 saturated heterocycles. The van der Waals surface area contributed by atoms with E-state index in [1.54, 1.807) is 30.6 Å². The van der Waals surface area contributed by atoms with Crippen molar-refractivity contribution in [2.75, 3.05) is 26.9 Å². The van der Waals surface area contributed by atoms with E-state index in [2.05, 4.69) is 194 Å². The van der Waals surface area contributed by atoms with E-state index in [-0.39, 0.29) is 20.5 Å². The van der Waals surface area contributed by atoms with Gasteiger partial charge in [-0.1, -0.05) is 171 Å². The van der Waals surface area contributed by atoms with Crippen LogP contribution < -0.4 is 23.0 Å². The second kappa shape index (κ2) is 39.6. The van der Waals surface area contributed by atoms with Gasteiger partial charge in [-0.05, 0) is 201 Å². The van der Waals surface area contributed by atoms with Crippen molar-refractivity contribution >= 4 is 118 Å². The number of aryl methyl sites for hydroxylation is 2. The van der Waals surface area contributed by atoms with E-state index in [0.29, 0.717) is 73.6 Å². The minimum atomic E-state index is 0. The Labute approximate surface area is 582 Å². The first-order chi connectivity index (χ1) is 41.5. The number of hydrogen-bond acceptors (Lipinski definition) is 14. The first kappa shape index (κ1) is 76.7. The van der Waals surface area contributed by atoms with Crippen molar-refractivity contribution in [2.24, 2.45) is 17.8 Å². The van der Waals surface area contributed by atoms with Gasteiger partial charge in [0.2, 0.25) is 0 Å². The SMILES string of the molecule is CCC(C)c1ccc(OCCC(C)C)c(-c2sc(=O)sc2Sc2ccc(C)cc2)c1.CCC(C)c1ccc(OCCC(C)C)c(C([S-])=C([S-])Sc2ccc(C)cc2)c1.CCC(C)c1ccc(OCCC(C)C)c(C([S-])=C([S-])Sc2ccc(OC)cc2)c1.[Ni]. The molecule has 0 aliphatic carbocycles. The van der Waals surface area contributed by atoms with E-state index in [9.17, 15) is 4.79 Å². The molecule has 1 heterocycles. The van der Waals surface area contributed by atoms with Gasteiger partial charge in [0.25, 0.3) is 4.06 Å². The quantitative estimate of drug-likeness (QED) is 0.0267. The van der Waals surface area contributed by atoms with Crippen molar-refractivity contribution in [3.8, 4) is 33.4 Å². The molecule has 0 amide bonds. The topological polar surface area (TPSA) is 54.0 Å². The number of hydrogen-bond donors (Lipinski definition) is 0. The van der Waals surface area contributed by atoms with Crippen LogP contribution >= 0.6 is 58.0 Å². The average Bonchev–Trinajstić information content (AvgIpc) is 2.51. The van der Waals surface area contributed by atoms with Crippen LogP contribution in [0.25, 0.3) is 20.3 Å². The molecule has 480 valence electrons. The molecule has 0 aliphatic rings. The smallest absolute Gasteiger partial charge is 0.289 e. The fourth-order valence-electron chi connectivity index (χ4n) is 8.38. The summed E-state index contributed by atoms with van der Waals surface area (Å²) in [5.41, 5.74) is 9.22. The third-order valence-corrected chi connectivity index (χ3v) is 22.4. The summed E-state index contributed by atoms with van der Waals surface area (Å²) in [6.07, 6.45) is 6.27. The molecule has 0 bridgehead atoms. The molecule has 0 saturated carbocycles. The summed E-state index contributed by atoms with van der Waals surface area (Å²) in [6.45, 7) is 32.7. The summed E-state index contributed by atoms with van der Waals surface area (Å²) in [7, 11) is 1.66. The van der Waals surface area contributed by atoms with Gasteiger partial charge in [0, 0.05) is 36.7 Å². The summed E-state index contributed by atoms with van der Waals surface area (Å²) in [5, 5.41) is 0. The molecule has 0 aliphatic heterocycles. The zero-order valence-corrected chi connectivity index (χ0v) is 62.3. The number of rotatable bonds is 28. The molecule has 3 atom stereocenters. The Morgan fingerprint density at radius 1 is 0.477 bits per heavy atom. The molecule has 3 unspecified atom stereocenters. The predicted molar refractivity (Wildman–Crippen MR) is 392 cm³/mol. The molecule has 7 rings (SSSR count). The van der Waals surface area contributed by atoms with E-state index in [4.69, 9.17) is 69.5 Å². The normalized spacial score (nSPS) is 12.8. The zero-order valence-electron chi connectivity index (χ0n) is 54.0. The average molecular weight is 1390 g/mol. The minimum absolute atomic E-state index is 0. The maximum absolute atomic E-state index is 12.4. The van der Waals surface area contributed by atoms with Crippen LogP contribution in [-0.2, 0) is 67.0 Å². The van der Waals surface area contributed by atoms with Crippen molar-refractivity contribution in [2.45, 2.75) is 172 Å². The van der Waals surface area contributed by atoms with Crippen LogP contribution in [0.2, 0.25) is 0 Å². The summed E-state index contributed by atoms with van der Waals surface area (Å²) in [5.74, 6) is 6.56. The van der Waals surface area contributed by atoms with Gasteiger partial charge in [-0.2, -0.15) is 18.3 Å². The molecular formula is C73H90NiO5S9-4. The van der Waals surface area contributed by atoms with Crippen molar-refractivity contribution in [3.05, 3.63) is 184 Å². The largest absolute Gasteiger partial charge is 0.780 e. The van der Waals surface area contributed by atoms with E-state index in [0.717, 1.165) is 102 Å². The summed E-state index contributed by atoms with van der Waals surface area (Å²) in [6, 6.07) is 43.9. The van der Waals surface area contributed by atoms with Crippen LogP contribution in [0.5, 0.6) is 23.0 Å². The van der Waals surface area contributed by atoms with Crippen molar-refractivity contribution in [3.63, 3.8) is 0 Å². The fraction of sp³-hybridized carbons (Fsp3) is 0.411. The minimum Gasteiger partial charge on any atom is -0.780 e. The molecule has 7 aromatic rings. The van der Waals surface area contributed by atoms with Crippen molar-refractivity contribution in [1.29, 1.82) is 0 Å². The summed E-state index contributed by atoms with van der Waals surface area (Å²) >= 11 is 30.4. The molecule has 5 nitrogen and oxygen atoms in total. The van der Waals surface area contributed by atoms with Crippen LogP contribution in [0.4, 0.5) is 0 Å². The Kier molecular flexibility index (Phi) is 34.5. The first-order valence-electron chi connectivity index (χ1n) is 30.5. The Balaban J connectivity index is 0.000000281. The van der Waals surface area contributed by atoms with Gasteiger partial charge in [0.15, 0.2) is 0 Å². The fourth-order valence-corrected chi connectivity index (χ4v) is 14.7. The molecule has 15 heteroatoms. The van der Waals surface area contributed by atoms with Crippen LogP contribution in [0, 0.1) is 31.6 Å².